The lowest BCUT2D eigenvalue weighted by molar-refractivity contribution is -0.150. The van der Waals surface area contributed by atoms with Crippen molar-refractivity contribution in [2.45, 2.75) is 19.3 Å². The van der Waals surface area contributed by atoms with Gasteiger partial charge in [-0.1, -0.05) is 18.7 Å². The molecule has 0 aromatic carbocycles. The quantitative estimate of drug-likeness (QED) is 0.338. The topological polar surface area (TPSA) is 80.7 Å². The highest BCUT2D eigenvalue weighted by molar-refractivity contribution is 6.04. The molecule has 2 atom stereocenters. The van der Waals surface area contributed by atoms with Gasteiger partial charge < -0.3 is 9.84 Å². The number of cyclic esters (lactones) is 2. The minimum absolute atomic E-state index is 0.579. The molecule has 2 unspecified atom stereocenters. The molecule has 5 heteroatoms. The lowest BCUT2D eigenvalue weighted by Gasteiger charge is -1.96. The van der Waals surface area contributed by atoms with Crippen molar-refractivity contribution < 1.29 is 24.2 Å². The van der Waals surface area contributed by atoms with Crippen LogP contribution in [-0.2, 0) is 19.1 Å². The van der Waals surface area contributed by atoms with Crippen LogP contribution in [0.2, 0.25) is 0 Å². The summed E-state index contributed by atoms with van der Waals surface area (Å²) in [6.07, 6.45) is 12.2. The van der Waals surface area contributed by atoms with Crippen LogP contribution in [0, 0.1) is 11.8 Å². The third-order valence-electron chi connectivity index (χ3n) is 2.90. The van der Waals surface area contributed by atoms with Crippen LogP contribution in [0.5, 0.6) is 0 Å². The molecule has 0 amide bonds. The molecule has 1 N–H and O–H groups in total. The second kappa shape index (κ2) is 7.31. The number of allylic oxidation sites excluding steroid dienone is 2. The predicted octanol–water partition coefficient (Wildman–Crippen LogP) is 1.86. The first-order chi connectivity index (χ1) is 9.01. The van der Waals surface area contributed by atoms with E-state index in [1.165, 1.54) is 19.3 Å². The summed E-state index contributed by atoms with van der Waals surface area (Å²) in [7, 11) is 0. The highest BCUT2D eigenvalue weighted by Gasteiger charge is 2.25. The molecule has 1 fully saturated rings. The van der Waals surface area contributed by atoms with Gasteiger partial charge in [-0.2, -0.15) is 0 Å². The number of hydrogen-bond donors (Lipinski definition) is 1. The van der Waals surface area contributed by atoms with E-state index in [9.17, 15) is 14.4 Å². The van der Waals surface area contributed by atoms with Crippen molar-refractivity contribution >= 4 is 17.9 Å². The molecule has 3 rings (SSSR count). The summed E-state index contributed by atoms with van der Waals surface area (Å²) in [5, 5.41) is 7.60. The first-order valence-corrected chi connectivity index (χ1v) is 5.98. The smallest absolute Gasteiger partial charge is 0.338 e. The summed E-state index contributed by atoms with van der Waals surface area (Å²) < 4.78 is 3.97. The normalized spacial score (nSPS) is 25.1. The number of carbonyl (C=O) groups excluding carboxylic acids is 2. The molecule has 0 radical (unpaired) electrons. The van der Waals surface area contributed by atoms with Gasteiger partial charge in [0.15, 0.2) is 0 Å². The van der Waals surface area contributed by atoms with Gasteiger partial charge in [-0.25, -0.2) is 14.4 Å². The van der Waals surface area contributed by atoms with Gasteiger partial charge in [-0.3, -0.25) is 0 Å². The van der Waals surface area contributed by atoms with Gasteiger partial charge >= 0.3 is 17.9 Å². The van der Waals surface area contributed by atoms with E-state index in [4.69, 9.17) is 5.11 Å². The van der Waals surface area contributed by atoms with E-state index in [-0.39, 0.29) is 0 Å². The Balaban J connectivity index is 0.000000146. The van der Waals surface area contributed by atoms with E-state index in [0.717, 1.165) is 30.1 Å². The van der Waals surface area contributed by atoms with Crippen molar-refractivity contribution in [3.8, 4) is 0 Å². The lowest BCUT2D eigenvalue weighted by Crippen LogP contribution is -1.96. The van der Waals surface area contributed by atoms with Gasteiger partial charge in [0.2, 0.25) is 0 Å². The van der Waals surface area contributed by atoms with Crippen molar-refractivity contribution in [2.75, 3.05) is 0 Å². The molecule has 0 aromatic heterocycles. The Morgan fingerprint density at radius 1 is 1.21 bits per heavy atom. The monoisotopic (exact) mass is 264 g/mol. The number of esters is 2. The molecule has 1 saturated carbocycles. The largest absolute Gasteiger partial charge is 0.478 e. The van der Waals surface area contributed by atoms with Crippen molar-refractivity contribution in [2.24, 2.45) is 11.8 Å². The molecule has 0 aromatic rings. The number of hydrogen-bond acceptors (Lipinski definition) is 4. The number of carboxylic acid groups (broad SMARTS) is 1. The molecule has 0 spiro atoms. The Labute approximate surface area is 111 Å². The Hall–Kier alpha value is -2.17. The number of carbonyl (C=O) groups is 3. The SMILES string of the molecule is C1=CC2CCC1C2.C=CC(=O)O.O=C1C=CC(=O)O1. The Bertz CT molecular complexity index is 405. The van der Waals surface area contributed by atoms with Crippen LogP contribution in [0.25, 0.3) is 0 Å². The van der Waals surface area contributed by atoms with Gasteiger partial charge in [-0.05, 0) is 31.1 Å². The van der Waals surface area contributed by atoms with E-state index in [0.29, 0.717) is 0 Å². The Morgan fingerprint density at radius 3 is 1.74 bits per heavy atom. The molecule has 2 aliphatic carbocycles. The van der Waals surface area contributed by atoms with Crippen molar-refractivity contribution in [1.29, 1.82) is 0 Å². The van der Waals surface area contributed by atoms with Crippen molar-refractivity contribution in [1.82, 2.24) is 0 Å². The third kappa shape index (κ3) is 5.81. The van der Waals surface area contributed by atoms with Crippen LogP contribution in [-0.4, -0.2) is 23.0 Å². The summed E-state index contributed by atoms with van der Waals surface area (Å²) in [6, 6.07) is 0. The molecule has 2 bridgehead atoms. The zero-order chi connectivity index (χ0) is 14.3. The average molecular weight is 264 g/mol. The zero-order valence-electron chi connectivity index (χ0n) is 10.5. The first kappa shape index (κ1) is 14.9. The van der Waals surface area contributed by atoms with Gasteiger partial charge in [0.1, 0.15) is 0 Å². The molecule has 0 saturated heterocycles. The van der Waals surface area contributed by atoms with Crippen LogP contribution < -0.4 is 0 Å². The minimum atomic E-state index is -0.981. The fourth-order valence-electron chi connectivity index (χ4n) is 2.02. The molecule has 5 nitrogen and oxygen atoms in total. The molecular formula is C14H16O5. The molecule has 19 heavy (non-hydrogen) atoms. The standard InChI is InChI=1S/C7H10.C4H2O3.C3H4O2/c1-2-7-4-3-6(1)5-7;5-3-1-2-4(6)7-3;1-2-3(4)5/h1-2,6-7H,3-5H2;1-2H;2H,1H2,(H,4,5). The van der Waals surface area contributed by atoms with Crippen LogP contribution in [0.15, 0.2) is 37.0 Å². The van der Waals surface area contributed by atoms with Crippen molar-refractivity contribution in [3.05, 3.63) is 37.0 Å². The minimum Gasteiger partial charge on any atom is -0.478 e. The molecule has 102 valence electrons. The second-order valence-corrected chi connectivity index (χ2v) is 4.33. The number of carboxylic acids is 1. The molecular weight excluding hydrogens is 248 g/mol. The number of fused-ring (bicyclic) bond motifs is 2. The van der Waals surface area contributed by atoms with Crippen LogP contribution in [0.3, 0.4) is 0 Å². The van der Waals surface area contributed by atoms with E-state index < -0.39 is 17.9 Å². The van der Waals surface area contributed by atoms with E-state index in [1.807, 2.05) is 0 Å². The summed E-state index contributed by atoms with van der Waals surface area (Å²) in [6.45, 7) is 2.96. The molecule has 1 heterocycles. The highest BCUT2D eigenvalue weighted by atomic mass is 16.6. The third-order valence-corrected chi connectivity index (χ3v) is 2.90. The van der Waals surface area contributed by atoms with E-state index >= 15 is 0 Å². The molecule has 1 aliphatic heterocycles. The fourth-order valence-corrected chi connectivity index (χ4v) is 2.02. The maximum atomic E-state index is 9.92. The number of aliphatic carboxylic acids is 1. The summed E-state index contributed by atoms with van der Waals surface area (Å²) in [4.78, 5) is 29.1. The van der Waals surface area contributed by atoms with E-state index in [1.54, 1.807) is 0 Å². The second-order valence-electron chi connectivity index (χ2n) is 4.33. The first-order valence-electron chi connectivity index (χ1n) is 5.98. The zero-order valence-corrected chi connectivity index (χ0v) is 10.5. The van der Waals surface area contributed by atoms with Gasteiger partial charge in [0.25, 0.3) is 0 Å². The van der Waals surface area contributed by atoms with Crippen LogP contribution in [0.4, 0.5) is 0 Å². The van der Waals surface area contributed by atoms with Crippen molar-refractivity contribution in [3.63, 3.8) is 0 Å². The van der Waals surface area contributed by atoms with Crippen LogP contribution in [0.1, 0.15) is 19.3 Å². The summed E-state index contributed by atoms with van der Waals surface area (Å²) >= 11 is 0. The van der Waals surface area contributed by atoms with E-state index in [2.05, 4.69) is 23.5 Å². The summed E-state index contributed by atoms with van der Waals surface area (Å²) in [5.74, 6) is -0.157. The number of rotatable bonds is 1. The van der Waals surface area contributed by atoms with Gasteiger partial charge in [0, 0.05) is 18.2 Å². The van der Waals surface area contributed by atoms with Gasteiger partial charge in [-0.15, -0.1) is 0 Å². The molecule has 3 aliphatic rings. The maximum absolute atomic E-state index is 9.92. The predicted molar refractivity (Wildman–Crippen MR) is 68.0 cm³/mol. The Kier molecular flexibility index (Phi) is 5.73. The average Bonchev–Trinajstić information content (AvgIpc) is 3.09. The van der Waals surface area contributed by atoms with Crippen LogP contribution >= 0.6 is 0 Å². The Morgan fingerprint density at radius 2 is 1.63 bits per heavy atom. The number of ether oxygens (including phenoxy) is 1. The lowest BCUT2D eigenvalue weighted by atomic mass is 10.1. The summed E-state index contributed by atoms with van der Waals surface area (Å²) in [5.41, 5.74) is 0. The maximum Gasteiger partial charge on any atom is 0.338 e. The fraction of sp³-hybridized carbons (Fsp3) is 0.357. The van der Waals surface area contributed by atoms with Gasteiger partial charge in [0.05, 0.1) is 0 Å². The highest BCUT2D eigenvalue weighted by Crippen LogP contribution is 2.38.